The third kappa shape index (κ3) is 5.62. The first-order valence-electron chi connectivity index (χ1n) is 8.92. The van der Waals surface area contributed by atoms with Gasteiger partial charge in [0.05, 0.1) is 0 Å². The SMILES string of the molecule is Cc1ccc(Cl)cc1NC(=O)C(C)Nc1ccc(NC(=O)NC2CC2)cc1. The summed E-state index contributed by atoms with van der Waals surface area (Å²) in [5.74, 6) is -0.161. The van der Waals surface area contributed by atoms with Gasteiger partial charge in [-0.05, 0) is 68.7 Å². The van der Waals surface area contributed by atoms with Crippen LogP contribution in [0.5, 0.6) is 0 Å². The molecule has 1 atom stereocenters. The monoisotopic (exact) mass is 386 g/mol. The summed E-state index contributed by atoms with van der Waals surface area (Å²) in [7, 11) is 0. The molecule has 2 aromatic rings. The smallest absolute Gasteiger partial charge is 0.319 e. The van der Waals surface area contributed by atoms with Crippen molar-refractivity contribution in [3.05, 3.63) is 53.1 Å². The number of rotatable bonds is 6. The average molecular weight is 387 g/mol. The van der Waals surface area contributed by atoms with E-state index in [4.69, 9.17) is 11.6 Å². The van der Waals surface area contributed by atoms with E-state index in [0.717, 1.165) is 24.1 Å². The van der Waals surface area contributed by atoms with E-state index < -0.39 is 6.04 Å². The Kier molecular flexibility index (Phi) is 5.86. The Morgan fingerprint density at radius 3 is 2.37 bits per heavy atom. The van der Waals surface area contributed by atoms with Crippen LogP contribution in [-0.2, 0) is 4.79 Å². The maximum absolute atomic E-state index is 12.4. The molecule has 0 aromatic heterocycles. The van der Waals surface area contributed by atoms with Crippen molar-refractivity contribution >= 4 is 40.6 Å². The van der Waals surface area contributed by atoms with Gasteiger partial charge in [-0.15, -0.1) is 0 Å². The van der Waals surface area contributed by atoms with Crippen LogP contribution in [0.1, 0.15) is 25.3 Å². The molecule has 0 radical (unpaired) electrons. The standard InChI is InChI=1S/C20H23ClN4O2/c1-12-3-4-14(21)11-18(12)25-19(26)13(2)22-15-5-7-16(8-6-15)23-20(27)24-17-9-10-17/h3-8,11,13,17,22H,9-10H2,1-2H3,(H,25,26)(H2,23,24,27). The number of amides is 3. The lowest BCUT2D eigenvalue weighted by molar-refractivity contribution is -0.116. The lowest BCUT2D eigenvalue weighted by atomic mass is 10.2. The molecule has 0 saturated heterocycles. The van der Waals surface area contributed by atoms with Gasteiger partial charge in [-0.25, -0.2) is 4.79 Å². The Morgan fingerprint density at radius 1 is 1.04 bits per heavy atom. The summed E-state index contributed by atoms with van der Waals surface area (Å²) >= 11 is 5.99. The van der Waals surface area contributed by atoms with Crippen molar-refractivity contribution in [3.63, 3.8) is 0 Å². The largest absolute Gasteiger partial charge is 0.374 e. The van der Waals surface area contributed by atoms with Crippen molar-refractivity contribution < 1.29 is 9.59 Å². The fraction of sp³-hybridized carbons (Fsp3) is 0.300. The number of urea groups is 1. The Labute approximate surface area is 163 Å². The predicted octanol–water partition coefficient (Wildman–Crippen LogP) is 4.37. The minimum absolute atomic E-state index is 0.161. The van der Waals surface area contributed by atoms with Crippen molar-refractivity contribution in [2.24, 2.45) is 0 Å². The molecule has 3 amide bonds. The molecule has 0 aliphatic heterocycles. The van der Waals surface area contributed by atoms with Gasteiger partial charge in [0.15, 0.2) is 0 Å². The van der Waals surface area contributed by atoms with E-state index in [1.54, 1.807) is 31.2 Å². The van der Waals surface area contributed by atoms with Gasteiger partial charge in [-0.1, -0.05) is 17.7 Å². The molecule has 2 aromatic carbocycles. The van der Waals surface area contributed by atoms with Gasteiger partial charge in [-0.2, -0.15) is 0 Å². The second kappa shape index (κ2) is 8.31. The summed E-state index contributed by atoms with van der Waals surface area (Å²) in [6.07, 6.45) is 2.09. The van der Waals surface area contributed by atoms with Gasteiger partial charge in [0, 0.05) is 28.1 Å². The first-order valence-corrected chi connectivity index (χ1v) is 9.29. The molecule has 1 saturated carbocycles. The Bertz CT molecular complexity index is 834. The molecule has 4 N–H and O–H groups in total. The fourth-order valence-corrected chi connectivity index (χ4v) is 2.69. The van der Waals surface area contributed by atoms with Crippen LogP contribution >= 0.6 is 11.6 Å². The van der Waals surface area contributed by atoms with Crippen molar-refractivity contribution in [1.29, 1.82) is 0 Å². The fourth-order valence-electron chi connectivity index (χ4n) is 2.52. The first kappa shape index (κ1) is 19.0. The first-order chi connectivity index (χ1) is 12.9. The third-order valence-corrected chi connectivity index (χ3v) is 4.52. The molecule has 0 spiro atoms. The van der Waals surface area contributed by atoms with E-state index in [1.807, 2.05) is 25.1 Å². The molecule has 1 unspecified atom stereocenters. The van der Waals surface area contributed by atoms with Crippen molar-refractivity contribution in [2.75, 3.05) is 16.0 Å². The van der Waals surface area contributed by atoms with Crippen molar-refractivity contribution in [1.82, 2.24) is 5.32 Å². The van der Waals surface area contributed by atoms with E-state index in [-0.39, 0.29) is 11.9 Å². The van der Waals surface area contributed by atoms with Gasteiger partial charge in [-0.3, -0.25) is 4.79 Å². The second-order valence-electron chi connectivity index (χ2n) is 6.76. The molecule has 0 heterocycles. The van der Waals surface area contributed by atoms with E-state index >= 15 is 0 Å². The highest BCUT2D eigenvalue weighted by atomic mass is 35.5. The van der Waals surface area contributed by atoms with Crippen LogP contribution in [0.25, 0.3) is 0 Å². The highest BCUT2D eigenvalue weighted by molar-refractivity contribution is 6.31. The minimum Gasteiger partial charge on any atom is -0.374 e. The van der Waals surface area contributed by atoms with Gasteiger partial charge in [0.25, 0.3) is 0 Å². The molecule has 6 nitrogen and oxygen atoms in total. The van der Waals surface area contributed by atoms with Crippen LogP contribution < -0.4 is 21.3 Å². The average Bonchev–Trinajstić information content (AvgIpc) is 3.43. The van der Waals surface area contributed by atoms with Crippen LogP contribution in [0.4, 0.5) is 21.9 Å². The zero-order chi connectivity index (χ0) is 19.4. The Balaban J connectivity index is 1.53. The van der Waals surface area contributed by atoms with Crippen LogP contribution in [0, 0.1) is 6.92 Å². The predicted molar refractivity (Wildman–Crippen MR) is 110 cm³/mol. The van der Waals surface area contributed by atoms with Crippen LogP contribution in [0.15, 0.2) is 42.5 Å². The maximum atomic E-state index is 12.4. The van der Waals surface area contributed by atoms with Crippen LogP contribution in [0.2, 0.25) is 5.02 Å². The molecule has 7 heteroatoms. The number of hydrogen-bond acceptors (Lipinski definition) is 3. The summed E-state index contributed by atoms with van der Waals surface area (Å²) in [5, 5.41) is 12.3. The molecule has 1 fully saturated rings. The van der Waals surface area contributed by atoms with Gasteiger partial charge >= 0.3 is 6.03 Å². The number of hydrogen-bond donors (Lipinski definition) is 4. The van der Waals surface area contributed by atoms with E-state index in [2.05, 4.69) is 21.3 Å². The molecule has 142 valence electrons. The molecule has 0 bridgehead atoms. The molecule has 27 heavy (non-hydrogen) atoms. The quantitative estimate of drug-likeness (QED) is 0.595. The highest BCUT2D eigenvalue weighted by Crippen LogP contribution is 2.21. The van der Waals surface area contributed by atoms with Gasteiger partial charge in [0.1, 0.15) is 6.04 Å². The molecular weight excluding hydrogens is 364 g/mol. The van der Waals surface area contributed by atoms with Crippen molar-refractivity contribution in [3.8, 4) is 0 Å². The maximum Gasteiger partial charge on any atom is 0.319 e. The normalized spacial score (nSPS) is 14.2. The number of carbonyl (C=O) groups is 2. The van der Waals surface area contributed by atoms with Gasteiger partial charge < -0.3 is 21.3 Å². The summed E-state index contributed by atoms with van der Waals surface area (Å²) < 4.78 is 0. The van der Waals surface area contributed by atoms with Crippen molar-refractivity contribution in [2.45, 2.75) is 38.8 Å². The number of carbonyl (C=O) groups excluding carboxylic acids is 2. The summed E-state index contributed by atoms with van der Waals surface area (Å²) in [5.41, 5.74) is 3.13. The van der Waals surface area contributed by atoms with E-state index in [1.165, 1.54) is 0 Å². The Hall–Kier alpha value is -2.73. The molecule has 1 aliphatic rings. The summed E-state index contributed by atoms with van der Waals surface area (Å²) in [4.78, 5) is 24.2. The minimum atomic E-state index is -0.444. The lowest BCUT2D eigenvalue weighted by Crippen LogP contribution is -2.32. The summed E-state index contributed by atoms with van der Waals surface area (Å²) in [6.45, 7) is 3.69. The topological polar surface area (TPSA) is 82.3 Å². The molecule has 1 aliphatic carbocycles. The number of halogens is 1. The second-order valence-corrected chi connectivity index (χ2v) is 7.20. The number of aryl methyl sites for hydroxylation is 1. The number of anilines is 3. The van der Waals surface area contributed by atoms with Crippen LogP contribution in [-0.4, -0.2) is 24.0 Å². The zero-order valence-electron chi connectivity index (χ0n) is 15.3. The Morgan fingerprint density at radius 2 is 1.70 bits per heavy atom. The summed E-state index contributed by atoms with van der Waals surface area (Å²) in [6, 6.07) is 12.3. The zero-order valence-corrected chi connectivity index (χ0v) is 16.1. The van der Waals surface area contributed by atoms with E-state index in [9.17, 15) is 9.59 Å². The van der Waals surface area contributed by atoms with E-state index in [0.29, 0.717) is 22.4 Å². The lowest BCUT2D eigenvalue weighted by Gasteiger charge is -2.17. The third-order valence-electron chi connectivity index (χ3n) is 4.29. The molecule has 3 rings (SSSR count). The number of benzene rings is 2. The molecular formula is C20H23ClN4O2. The number of nitrogens with one attached hydrogen (secondary N) is 4. The van der Waals surface area contributed by atoms with Gasteiger partial charge in [0.2, 0.25) is 5.91 Å². The highest BCUT2D eigenvalue weighted by Gasteiger charge is 2.23. The van der Waals surface area contributed by atoms with Crippen LogP contribution in [0.3, 0.4) is 0 Å².